The number of nitrogens with one attached hydrogen (secondary N) is 2. The lowest BCUT2D eigenvalue weighted by atomic mass is 10.1. The first-order valence-corrected chi connectivity index (χ1v) is 9.68. The number of hydrogen-bond acceptors (Lipinski definition) is 4. The van der Waals surface area contributed by atoms with Gasteiger partial charge in [-0.2, -0.15) is 0 Å². The SMILES string of the molecule is O=C(Nc1cccc2cccnc12)c1ccc(NCCCc2ccccc2)nc1. The number of hydrogen-bond donors (Lipinski definition) is 2. The predicted octanol–water partition coefficient (Wildman–Crippen LogP) is 4.93. The number of para-hydroxylation sites is 1. The van der Waals surface area contributed by atoms with E-state index in [0.717, 1.165) is 36.1 Å². The molecule has 0 bridgehead atoms. The zero-order chi connectivity index (χ0) is 19.9. The fraction of sp³-hybridized carbons (Fsp3) is 0.125. The fourth-order valence-corrected chi connectivity index (χ4v) is 3.19. The van der Waals surface area contributed by atoms with E-state index < -0.39 is 0 Å². The highest BCUT2D eigenvalue weighted by molar-refractivity contribution is 6.08. The van der Waals surface area contributed by atoms with Crippen molar-refractivity contribution in [2.24, 2.45) is 0 Å². The standard InChI is InChI=1S/C24H22N4O/c29-24(28-21-12-4-10-19-11-6-16-26-23(19)21)20-13-14-22(27-17-20)25-15-5-9-18-7-2-1-3-8-18/h1-4,6-8,10-14,16-17H,5,9,15H2,(H,25,27)(H,28,29). The number of amides is 1. The van der Waals surface area contributed by atoms with E-state index in [2.05, 4.69) is 44.9 Å². The van der Waals surface area contributed by atoms with Crippen molar-refractivity contribution >= 4 is 28.3 Å². The van der Waals surface area contributed by atoms with Gasteiger partial charge in [0.2, 0.25) is 0 Å². The maximum Gasteiger partial charge on any atom is 0.257 e. The lowest BCUT2D eigenvalue weighted by Gasteiger charge is -2.09. The Morgan fingerprint density at radius 3 is 2.55 bits per heavy atom. The zero-order valence-electron chi connectivity index (χ0n) is 16.0. The van der Waals surface area contributed by atoms with Crippen molar-refractivity contribution < 1.29 is 4.79 Å². The lowest BCUT2D eigenvalue weighted by Crippen LogP contribution is -2.13. The van der Waals surface area contributed by atoms with Gasteiger partial charge in [0.15, 0.2) is 0 Å². The summed E-state index contributed by atoms with van der Waals surface area (Å²) in [4.78, 5) is 21.3. The molecule has 0 spiro atoms. The molecule has 0 atom stereocenters. The second-order valence-corrected chi connectivity index (χ2v) is 6.78. The smallest absolute Gasteiger partial charge is 0.257 e. The molecule has 0 aliphatic rings. The first-order valence-electron chi connectivity index (χ1n) is 9.68. The van der Waals surface area contributed by atoms with Crippen LogP contribution in [0.15, 0.2) is 85.2 Å². The van der Waals surface area contributed by atoms with Gasteiger partial charge in [0, 0.05) is 24.3 Å². The summed E-state index contributed by atoms with van der Waals surface area (Å²) < 4.78 is 0. The van der Waals surface area contributed by atoms with Crippen molar-refractivity contribution in [1.82, 2.24) is 9.97 Å². The number of carbonyl (C=O) groups is 1. The Morgan fingerprint density at radius 2 is 1.72 bits per heavy atom. The zero-order valence-corrected chi connectivity index (χ0v) is 16.0. The minimum atomic E-state index is -0.203. The number of aryl methyl sites for hydroxylation is 1. The summed E-state index contributed by atoms with van der Waals surface area (Å²) in [7, 11) is 0. The summed E-state index contributed by atoms with van der Waals surface area (Å²) >= 11 is 0. The molecule has 0 unspecified atom stereocenters. The summed E-state index contributed by atoms with van der Waals surface area (Å²) in [5.41, 5.74) is 3.30. The average molecular weight is 382 g/mol. The molecule has 5 heteroatoms. The van der Waals surface area contributed by atoms with Gasteiger partial charge in [-0.3, -0.25) is 9.78 Å². The van der Waals surface area contributed by atoms with Crippen LogP contribution < -0.4 is 10.6 Å². The first-order chi connectivity index (χ1) is 14.3. The van der Waals surface area contributed by atoms with Crippen LogP contribution in [0.3, 0.4) is 0 Å². The highest BCUT2D eigenvalue weighted by Crippen LogP contribution is 2.21. The van der Waals surface area contributed by atoms with E-state index in [4.69, 9.17) is 0 Å². The Morgan fingerprint density at radius 1 is 0.862 bits per heavy atom. The molecule has 2 aromatic carbocycles. The third-order valence-corrected chi connectivity index (χ3v) is 4.70. The number of anilines is 2. The summed E-state index contributed by atoms with van der Waals surface area (Å²) in [6.07, 6.45) is 5.35. The van der Waals surface area contributed by atoms with E-state index in [1.807, 2.05) is 42.5 Å². The molecular formula is C24H22N4O. The average Bonchev–Trinajstić information content (AvgIpc) is 2.78. The van der Waals surface area contributed by atoms with Gasteiger partial charge in [-0.15, -0.1) is 0 Å². The van der Waals surface area contributed by atoms with Gasteiger partial charge in [-0.25, -0.2) is 4.98 Å². The van der Waals surface area contributed by atoms with E-state index in [9.17, 15) is 4.79 Å². The van der Waals surface area contributed by atoms with Crippen LogP contribution in [-0.4, -0.2) is 22.4 Å². The number of rotatable bonds is 7. The minimum Gasteiger partial charge on any atom is -0.370 e. The Balaban J connectivity index is 1.33. The van der Waals surface area contributed by atoms with Gasteiger partial charge in [0.25, 0.3) is 5.91 Å². The minimum absolute atomic E-state index is 0.203. The molecule has 2 N–H and O–H groups in total. The molecule has 0 aliphatic heterocycles. The predicted molar refractivity (Wildman–Crippen MR) is 117 cm³/mol. The largest absolute Gasteiger partial charge is 0.370 e. The molecule has 144 valence electrons. The second-order valence-electron chi connectivity index (χ2n) is 6.78. The number of fused-ring (bicyclic) bond motifs is 1. The van der Waals surface area contributed by atoms with Crippen molar-refractivity contribution in [3.63, 3.8) is 0 Å². The normalized spacial score (nSPS) is 10.6. The van der Waals surface area contributed by atoms with Crippen LogP contribution in [0.5, 0.6) is 0 Å². The van der Waals surface area contributed by atoms with Gasteiger partial charge < -0.3 is 10.6 Å². The molecular weight excluding hydrogens is 360 g/mol. The summed E-state index contributed by atoms with van der Waals surface area (Å²) in [6.45, 7) is 0.828. The number of benzene rings is 2. The van der Waals surface area contributed by atoms with E-state index in [1.54, 1.807) is 18.5 Å². The van der Waals surface area contributed by atoms with Gasteiger partial charge in [0.05, 0.1) is 16.8 Å². The molecule has 5 nitrogen and oxygen atoms in total. The molecule has 2 heterocycles. The Hall–Kier alpha value is -3.73. The highest BCUT2D eigenvalue weighted by Gasteiger charge is 2.09. The molecule has 0 fully saturated rings. The Bertz CT molecular complexity index is 1090. The molecule has 0 saturated carbocycles. The quantitative estimate of drug-likeness (QED) is 0.445. The molecule has 4 rings (SSSR count). The van der Waals surface area contributed by atoms with Crippen LogP contribution in [0.4, 0.5) is 11.5 Å². The topological polar surface area (TPSA) is 66.9 Å². The van der Waals surface area contributed by atoms with Gasteiger partial charge in [0.1, 0.15) is 5.82 Å². The van der Waals surface area contributed by atoms with Crippen molar-refractivity contribution in [1.29, 1.82) is 0 Å². The molecule has 1 amide bonds. The van der Waals surface area contributed by atoms with Crippen LogP contribution in [0.2, 0.25) is 0 Å². The van der Waals surface area contributed by atoms with Crippen LogP contribution in [0, 0.1) is 0 Å². The third-order valence-electron chi connectivity index (χ3n) is 4.70. The molecule has 29 heavy (non-hydrogen) atoms. The van der Waals surface area contributed by atoms with Gasteiger partial charge >= 0.3 is 0 Å². The summed E-state index contributed by atoms with van der Waals surface area (Å²) in [6, 6.07) is 23.6. The lowest BCUT2D eigenvalue weighted by molar-refractivity contribution is 0.102. The summed E-state index contributed by atoms with van der Waals surface area (Å²) in [5, 5.41) is 7.22. The van der Waals surface area contributed by atoms with Crippen LogP contribution >= 0.6 is 0 Å². The van der Waals surface area contributed by atoms with E-state index >= 15 is 0 Å². The number of nitrogens with zero attached hydrogens (tertiary/aromatic N) is 2. The van der Waals surface area contributed by atoms with Crippen LogP contribution in [0.25, 0.3) is 10.9 Å². The molecule has 0 aliphatic carbocycles. The van der Waals surface area contributed by atoms with E-state index in [0.29, 0.717) is 11.3 Å². The van der Waals surface area contributed by atoms with E-state index in [-0.39, 0.29) is 5.91 Å². The van der Waals surface area contributed by atoms with Gasteiger partial charge in [-0.05, 0) is 42.7 Å². The maximum atomic E-state index is 12.6. The summed E-state index contributed by atoms with van der Waals surface area (Å²) in [5.74, 6) is 0.563. The first kappa shape index (κ1) is 18.6. The molecule has 4 aromatic rings. The Labute approximate surface area is 169 Å². The molecule has 0 radical (unpaired) electrons. The van der Waals surface area contributed by atoms with Crippen molar-refractivity contribution in [3.8, 4) is 0 Å². The molecule has 2 aromatic heterocycles. The fourth-order valence-electron chi connectivity index (χ4n) is 3.19. The van der Waals surface area contributed by atoms with Crippen LogP contribution in [0.1, 0.15) is 22.3 Å². The van der Waals surface area contributed by atoms with Crippen molar-refractivity contribution in [2.75, 3.05) is 17.2 Å². The Kier molecular flexibility index (Phi) is 5.76. The molecule has 0 saturated heterocycles. The highest BCUT2D eigenvalue weighted by atomic mass is 16.1. The number of aromatic nitrogens is 2. The van der Waals surface area contributed by atoms with E-state index in [1.165, 1.54) is 5.56 Å². The number of pyridine rings is 2. The van der Waals surface area contributed by atoms with Crippen molar-refractivity contribution in [3.05, 3.63) is 96.3 Å². The second kappa shape index (κ2) is 8.97. The van der Waals surface area contributed by atoms with Crippen LogP contribution in [-0.2, 0) is 6.42 Å². The third kappa shape index (κ3) is 4.76. The van der Waals surface area contributed by atoms with Crippen molar-refractivity contribution in [2.45, 2.75) is 12.8 Å². The number of carbonyl (C=O) groups excluding carboxylic acids is 1. The maximum absolute atomic E-state index is 12.6. The van der Waals surface area contributed by atoms with Gasteiger partial charge in [-0.1, -0.05) is 48.5 Å². The monoisotopic (exact) mass is 382 g/mol.